The first-order valence-electron chi connectivity index (χ1n) is 3.71. The van der Waals surface area contributed by atoms with Gasteiger partial charge < -0.3 is 10.2 Å². The molecule has 0 aromatic heterocycles. The Morgan fingerprint density at radius 1 is 1.64 bits per heavy atom. The lowest BCUT2D eigenvalue weighted by molar-refractivity contribution is 0.212. The molecule has 1 heterocycles. The molecule has 3 nitrogen and oxygen atoms in total. The largest absolute Gasteiger partial charge is 0.399 e. The first kappa shape index (κ1) is 10.7. The fraction of sp³-hybridized carbons (Fsp3) is 0.857. The molecule has 1 atom stereocenters. The van der Waals surface area contributed by atoms with E-state index in [2.05, 4.69) is 15.3 Å². The van der Waals surface area contributed by atoms with E-state index in [1.165, 1.54) is 12.8 Å². The zero-order valence-corrected chi connectivity index (χ0v) is 7.56. The third kappa shape index (κ3) is 4.22. The fourth-order valence-electron chi connectivity index (χ4n) is 1.15. The van der Waals surface area contributed by atoms with Crippen LogP contribution in [0.15, 0.2) is 5.16 Å². The zero-order chi connectivity index (χ0) is 7.23. The van der Waals surface area contributed by atoms with Crippen LogP contribution >= 0.6 is 12.4 Å². The Kier molecular flexibility index (Phi) is 6.27. The minimum absolute atomic E-state index is 0. The summed E-state index contributed by atoms with van der Waals surface area (Å²) in [4.78, 5) is 4.59. The monoisotopic (exact) mass is 178 g/mol. The average molecular weight is 179 g/mol. The first-order chi connectivity index (χ1) is 4.93. The molecule has 1 aliphatic rings. The normalized spacial score (nSPS) is 24.6. The van der Waals surface area contributed by atoms with Crippen molar-refractivity contribution >= 4 is 18.6 Å². The van der Waals surface area contributed by atoms with Crippen LogP contribution in [-0.2, 0) is 4.84 Å². The molecule has 1 rings (SSSR count). The topological polar surface area (TPSA) is 33.6 Å². The summed E-state index contributed by atoms with van der Waals surface area (Å²) >= 11 is 0. The van der Waals surface area contributed by atoms with E-state index in [0.717, 1.165) is 13.1 Å². The Labute approximate surface area is 73.6 Å². The predicted molar refractivity (Wildman–Crippen MR) is 48.3 cm³/mol. The second-order valence-electron chi connectivity index (χ2n) is 2.54. The molecule has 1 saturated heterocycles. The second-order valence-corrected chi connectivity index (χ2v) is 2.54. The molecule has 0 aromatic carbocycles. The SMILES string of the molecule is CON=CC1CCCNC1.Cl. The van der Waals surface area contributed by atoms with Gasteiger partial charge >= 0.3 is 0 Å². The highest BCUT2D eigenvalue weighted by atomic mass is 35.5. The summed E-state index contributed by atoms with van der Waals surface area (Å²) in [5.74, 6) is 0.577. The molecule has 0 bridgehead atoms. The Morgan fingerprint density at radius 2 is 2.45 bits per heavy atom. The molecule has 0 radical (unpaired) electrons. The Hall–Kier alpha value is -0.280. The van der Waals surface area contributed by atoms with Gasteiger partial charge in [-0.25, -0.2) is 0 Å². The van der Waals surface area contributed by atoms with Crippen molar-refractivity contribution in [2.24, 2.45) is 11.1 Å². The maximum Gasteiger partial charge on any atom is 0.106 e. The number of hydrogen-bond donors (Lipinski definition) is 1. The summed E-state index contributed by atoms with van der Waals surface area (Å²) in [6.45, 7) is 2.20. The van der Waals surface area contributed by atoms with Gasteiger partial charge in [0.1, 0.15) is 7.11 Å². The van der Waals surface area contributed by atoms with Crippen LogP contribution in [0.5, 0.6) is 0 Å². The van der Waals surface area contributed by atoms with Crippen LogP contribution in [-0.4, -0.2) is 26.4 Å². The van der Waals surface area contributed by atoms with Crippen molar-refractivity contribution < 1.29 is 4.84 Å². The Bertz CT molecular complexity index is 113. The van der Waals surface area contributed by atoms with Crippen LogP contribution in [0.1, 0.15) is 12.8 Å². The van der Waals surface area contributed by atoms with Crippen LogP contribution in [0.3, 0.4) is 0 Å². The quantitative estimate of drug-likeness (QED) is 0.507. The van der Waals surface area contributed by atoms with Gasteiger partial charge in [0.25, 0.3) is 0 Å². The smallest absolute Gasteiger partial charge is 0.106 e. The first-order valence-corrected chi connectivity index (χ1v) is 3.71. The second kappa shape index (κ2) is 6.43. The summed E-state index contributed by atoms with van der Waals surface area (Å²) in [6.07, 6.45) is 4.37. The lowest BCUT2D eigenvalue weighted by Crippen LogP contribution is -2.30. The molecule has 1 N–H and O–H groups in total. The van der Waals surface area contributed by atoms with Crippen molar-refractivity contribution in [3.63, 3.8) is 0 Å². The lowest BCUT2D eigenvalue weighted by Gasteiger charge is -2.17. The molecule has 0 amide bonds. The molecule has 1 aliphatic heterocycles. The van der Waals surface area contributed by atoms with E-state index < -0.39 is 0 Å². The molecular formula is C7H15ClN2O. The molecule has 1 unspecified atom stereocenters. The van der Waals surface area contributed by atoms with E-state index in [9.17, 15) is 0 Å². The highest BCUT2D eigenvalue weighted by Gasteiger charge is 2.09. The van der Waals surface area contributed by atoms with Gasteiger partial charge in [0.05, 0.1) is 0 Å². The van der Waals surface area contributed by atoms with E-state index in [0.29, 0.717) is 5.92 Å². The predicted octanol–water partition coefficient (Wildman–Crippen LogP) is 1.04. The number of halogens is 1. The van der Waals surface area contributed by atoms with Crippen LogP contribution in [0.2, 0.25) is 0 Å². The lowest BCUT2D eigenvalue weighted by atomic mass is 10.0. The summed E-state index contributed by atoms with van der Waals surface area (Å²) in [5, 5.41) is 7.03. The standard InChI is InChI=1S/C7H14N2O.ClH/c1-10-9-6-7-3-2-4-8-5-7;/h6-8H,2-5H2,1H3;1H. The number of nitrogens with one attached hydrogen (secondary N) is 1. The summed E-state index contributed by atoms with van der Waals surface area (Å²) in [5.41, 5.74) is 0. The highest BCUT2D eigenvalue weighted by Crippen LogP contribution is 2.06. The molecule has 4 heteroatoms. The maximum absolute atomic E-state index is 4.59. The van der Waals surface area contributed by atoms with Crippen LogP contribution < -0.4 is 5.32 Å². The summed E-state index contributed by atoms with van der Waals surface area (Å²) < 4.78 is 0. The Balaban J connectivity index is 0.000001000. The number of hydrogen-bond acceptors (Lipinski definition) is 3. The van der Waals surface area contributed by atoms with Crippen molar-refractivity contribution in [3.05, 3.63) is 0 Å². The zero-order valence-electron chi connectivity index (χ0n) is 6.75. The Morgan fingerprint density at radius 3 is 3.00 bits per heavy atom. The van der Waals surface area contributed by atoms with E-state index in [4.69, 9.17) is 0 Å². The number of piperidine rings is 1. The van der Waals surface area contributed by atoms with Crippen LogP contribution in [0.4, 0.5) is 0 Å². The van der Waals surface area contributed by atoms with Crippen LogP contribution in [0, 0.1) is 5.92 Å². The fourth-order valence-corrected chi connectivity index (χ4v) is 1.15. The molecule has 11 heavy (non-hydrogen) atoms. The molecule has 0 spiro atoms. The van der Waals surface area contributed by atoms with Gasteiger partial charge in [-0.15, -0.1) is 12.4 Å². The van der Waals surface area contributed by atoms with E-state index in [-0.39, 0.29) is 12.4 Å². The maximum atomic E-state index is 4.59. The van der Waals surface area contributed by atoms with Gasteiger partial charge in [-0.05, 0) is 19.4 Å². The van der Waals surface area contributed by atoms with Gasteiger partial charge in [-0.1, -0.05) is 5.16 Å². The van der Waals surface area contributed by atoms with Crippen molar-refractivity contribution in [2.45, 2.75) is 12.8 Å². The summed E-state index contributed by atoms with van der Waals surface area (Å²) in [7, 11) is 1.58. The van der Waals surface area contributed by atoms with Crippen molar-refractivity contribution in [1.29, 1.82) is 0 Å². The number of nitrogens with zero attached hydrogens (tertiary/aromatic N) is 1. The van der Waals surface area contributed by atoms with Gasteiger partial charge in [-0.2, -0.15) is 0 Å². The number of oxime groups is 1. The van der Waals surface area contributed by atoms with Crippen molar-refractivity contribution in [2.75, 3.05) is 20.2 Å². The third-order valence-electron chi connectivity index (χ3n) is 1.71. The van der Waals surface area contributed by atoms with Crippen molar-refractivity contribution in [1.82, 2.24) is 5.32 Å². The van der Waals surface area contributed by atoms with Gasteiger partial charge in [0.2, 0.25) is 0 Å². The van der Waals surface area contributed by atoms with E-state index >= 15 is 0 Å². The van der Waals surface area contributed by atoms with E-state index in [1.54, 1.807) is 7.11 Å². The summed E-state index contributed by atoms with van der Waals surface area (Å²) in [6, 6.07) is 0. The van der Waals surface area contributed by atoms with Crippen molar-refractivity contribution in [3.8, 4) is 0 Å². The molecular weight excluding hydrogens is 164 g/mol. The molecule has 0 aliphatic carbocycles. The number of rotatable bonds is 2. The molecule has 0 aromatic rings. The molecule has 1 fully saturated rings. The molecule has 0 saturated carbocycles. The minimum atomic E-state index is 0. The van der Waals surface area contributed by atoms with E-state index in [1.807, 2.05) is 6.21 Å². The highest BCUT2D eigenvalue weighted by molar-refractivity contribution is 5.85. The van der Waals surface area contributed by atoms with Gasteiger partial charge in [0, 0.05) is 18.7 Å². The van der Waals surface area contributed by atoms with Gasteiger partial charge in [-0.3, -0.25) is 0 Å². The van der Waals surface area contributed by atoms with Crippen LogP contribution in [0.25, 0.3) is 0 Å². The third-order valence-corrected chi connectivity index (χ3v) is 1.71. The minimum Gasteiger partial charge on any atom is -0.399 e. The van der Waals surface area contributed by atoms with Gasteiger partial charge in [0.15, 0.2) is 0 Å². The average Bonchev–Trinajstić information content (AvgIpc) is 2.03. The molecule has 66 valence electrons.